The number of para-hydroxylation sites is 2. The Morgan fingerprint density at radius 3 is 2.37 bits per heavy atom. The predicted molar refractivity (Wildman–Crippen MR) is 139 cm³/mol. The highest BCUT2D eigenvalue weighted by Crippen LogP contribution is 2.30. The molecule has 3 aromatic carbocycles. The van der Waals surface area contributed by atoms with Gasteiger partial charge in [-0.05, 0) is 48.7 Å². The van der Waals surface area contributed by atoms with E-state index in [0.717, 1.165) is 34.7 Å². The van der Waals surface area contributed by atoms with Gasteiger partial charge in [0.15, 0.2) is 11.0 Å². The van der Waals surface area contributed by atoms with Gasteiger partial charge in [-0.3, -0.25) is 9.36 Å². The van der Waals surface area contributed by atoms with Gasteiger partial charge >= 0.3 is 0 Å². The van der Waals surface area contributed by atoms with Crippen LogP contribution >= 0.6 is 11.8 Å². The highest BCUT2D eigenvalue weighted by molar-refractivity contribution is 7.99. The first-order chi connectivity index (χ1) is 17.2. The Kier molecular flexibility index (Phi) is 6.77. The average Bonchev–Trinajstić information content (AvgIpc) is 3.50. The molecule has 1 N–H and O–H groups in total. The summed E-state index contributed by atoms with van der Waals surface area (Å²) in [4.78, 5) is 12.9. The van der Waals surface area contributed by atoms with Crippen molar-refractivity contribution >= 4 is 23.4 Å². The zero-order chi connectivity index (χ0) is 24.0. The molecule has 0 aliphatic rings. The molecule has 5 aromatic rings. The van der Waals surface area contributed by atoms with Crippen molar-refractivity contribution in [3.63, 3.8) is 0 Å². The molecule has 5 rings (SSSR count). The number of nitrogens with one attached hydrogen (secondary N) is 1. The first kappa shape index (κ1) is 22.7. The zero-order valence-electron chi connectivity index (χ0n) is 19.2. The summed E-state index contributed by atoms with van der Waals surface area (Å²) in [7, 11) is 0. The maximum Gasteiger partial charge on any atom is 0.234 e. The summed E-state index contributed by atoms with van der Waals surface area (Å²) < 4.78 is 7.44. The van der Waals surface area contributed by atoms with Gasteiger partial charge in [-0.1, -0.05) is 78.5 Å². The van der Waals surface area contributed by atoms with E-state index in [1.807, 2.05) is 90.4 Å². The van der Waals surface area contributed by atoms with Crippen molar-refractivity contribution < 1.29 is 9.21 Å². The zero-order valence-corrected chi connectivity index (χ0v) is 20.0. The predicted octanol–water partition coefficient (Wildman–Crippen LogP) is 6.16. The van der Waals surface area contributed by atoms with Crippen LogP contribution in [0, 0.1) is 6.92 Å². The normalized spacial score (nSPS) is 10.9. The van der Waals surface area contributed by atoms with Crippen molar-refractivity contribution in [2.45, 2.75) is 18.5 Å². The molecule has 174 valence electrons. The van der Waals surface area contributed by atoms with E-state index in [4.69, 9.17) is 4.42 Å². The smallest absolute Gasteiger partial charge is 0.234 e. The minimum Gasteiger partial charge on any atom is -0.469 e. The molecule has 0 spiro atoms. The molecule has 0 aliphatic carbocycles. The topological polar surface area (TPSA) is 72.9 Å². The SMILES string of the molecule is Cc1occc1-c1nnc(SCC(=O)Nc2ccccc2Cc2ccccc2)n1-c1ccccc1. The van der Waals surface area contributed by atoms with Crippen LogP contribution in [0.3, 0.4) is 0 Å². The van der Waals surface area contributed by atoms with Crippen molar-refractivity contribution in [2.75, 3.05) is 11.1 Å². The molecule has 35 heavy (non-hydrogen) atoms. The van der Waals surface area contributed by atoms with Crippen LogP contribution in [0.1, 0.15) is 16.9 Å². The van der Waals surface area contributed by atoms with Gasteiger partial charge in [0, 0.05) is 11.4 Å². The van der Waals surface area contributed by atoms with Crippen LogP contribution in [0.25, 0.3) is 17.1 Å². The lowest BCUT2D eigenvalue weighted by atomic mass is 10.0. The van der Waals surface area contributed by atoms with Crippen molar-refractivity contribution in [1.82, 2.24) is 14.8 Å². The molecule has 0 unspecified atom stereocenters. The second-order valence-electron chi connectivity index (χ2n) is 8.02. The maximum atomic E-state index is 12.9. The van der Waals surface area contributed by atoms with Crippen molar-refractivity contribution in [3.8, 4) is 17.1 Å². The number of amides is 1. The van der Waals surface area contributed by atoms with E-state index in [1.165, 1.54) is 17.3 Å². The molecular weight excluding hydrogens is 456 g/mol. The average molecular weight is 481 g/mol. The molecule has 0 atom stereocenters. The number of anilines is 1. The third-order valence-corrected chi connectivity index (χ3v) is 6.54. The van der Waals surface area contributed by atoms with Gasteiger partial charge in [0.2, 0.25) is 5.91 Å². The quantitative estimate of drug-likeness (QED) is 0.269. The number of furan rings is 1. The molecule has 6 nitrogen and oxygen atoms in total. The number of hydrogen-bond acceptors (Lipinski definition) is 5. The van der Waals surface area contributed by atoms with E-state index >= 15 is 0 Å². The van der Waals surface area contributed by atoms with Crippen LogP contribution in [-0.4, -0.2) is 26.4 Å². The number of aryl methyl sites for hydroxylation is 1. The lowest BCUT2D eigenvalue weighted by Crippen LogP contribution is -2.16. The fourth-order valence-electron chi connectivity index (χ4n) is 3.89. The molecule has 7 heteroatoms. The van der Waals surface area contributed by atoms with E-state index in [2.05, 4.69) is 27.6 Å². The van der Waals surface area contributed by atoms with Gasteiger partial charge < -0.3 is 9.73 Å². The number of carbonyl (C=O) groups excluding carboxylic acids is 1. The second kappa shape index (κ2) is 10.4. The summed E-state index contributed by atoms with van der Waals surface area (Å²) in [6.07, 6.45) is 2.39. The van der Waals surface area contributed by atoms with Gasteiger partial charge in [0.25, 0.3) is 0 Å². The largest absolute Gasteiger partial charge is 0.469 e. The third kappa shape index (κ3) is 5.20. The number of hydrogen-bond donors (Lipinski definition) is 1. The highest BCUT2D eigenvalue weighted by Gasteiger charge is 2.20. The number of aromatic nitrogens is 3. The fourth-order valence-corrected chi connectivity index (χ4v) is 4.65. The van der Waals surface area contributed by atoms with E-state index in [1.54, 1.807) is 6.26 Å². The summed E-state index contributed by atoms with van der Waals surface area (Å²) in [6.45, 7) is 1.90. The van der Waals surface area contributed by atoms with Crippen LogP contribution in [0.2, 0.25) is 0 Å². The van der Waals surface area contributed by atoms with Crippen LogP contribution in [0.15, 0.2) is 107 Å². The summed E-state index contributed by atoms with van der Waals surface area (Å²) in [6, 6.07) is 29.9. The van der Waals surface area contributed by atoms with E-state index in [9.17, 15) is 4.79 Å². The molecule has 0 saturated heterocycles. The van der Waals surface area contributed by atoms with Gasteiger partial charge in [-0.2, -0.15) is 0 Å². The second-order valence-corrected chi connectivity index (χ2v) is 8.97. The summed E-state index contributed by atoms with van der Waals surface area (Å²) in [5.74, 6) is 1.55. The Bertz CT molecular complexity index is 1430. The van der Waals surface area contributed by atoms with Crippen molar-refractivity contribution in [1.29, 1.82) is 0 Å². The Morgan fingerprint density at radius 2 is 1.63 bits per heavy atom. The maximum absolute atomic E-state index is 12.9. The van der Waals surface area contributed by atoms with E-state index in [-0.39, 0.29) is 11.7 Å². The number of nitrogens with zero attached hydrogens (tertiary/aromatic N) is 3. The first-order valence-electron chi connectivity index (χ1n) is 11.3. The molecule has 0 saturated carbocycles. The lowest BCUT2D eigenvalue weighted by molar-refractivity contribution is -0.113. The summed E-state index contributed by atoms with van der Waals surface area (Å²) >= 11 is 1.35. The van der Waals surface area contributed by atoms with E-state index < -0.39 is 0 Å². The monoisotopic (exact) mass is 480 g/mol. The molecule has 0 radical (unpaired) electrons. The Labute approximate surface area is 208 Å². The number of thioether (sulfide) groups is 1. The molecular formula is C28H24N4O2S. The Morgan fingerprint density at radius 1 is 0.914 bits per heavy atom. The minimum atomic E-state index is -0.0980. The summed E-state index contributed by atoms with van der Waals surface area (Å²) in [5.41, 5.74) is 4.88. The lowest BCUT2D eigenvalue weighted by Gasteiger charge is -2.12. The number of benzene rings is 3. The van der Waals surface area contributed by atoms with Crippen LogP contribution in [0.4, 0.5) is 5.69 Å². The Hall–Kier alpha value is -4.10. The molecule has 0 fully saturated rings. The highest BCUT2D eigenvalue weighted by atomic mass is 32.2. The minimum absolute atomic E-state index is 0.0980. The molecule has 0 bridgehead atoms. The first-order valence-corrected chi connectivity index (χ1v) is 12.3. The van der Waals surface area contributed by atoms with E-state index in [0.29, 0.717) is 11.0 Å². The van der Waals surface area contributed by atoms with Crippen LogP contribution in [-0.2, 0) is 11.2 Å². The molecule has 0 aliphatic heterocycles. The third-order valence-electron chi connectivity index (χ3n) is 5.61. The molecule has 2 heterocycles. The number of rotatable bonds is 8. The summed E-state index contributed by atoms with van der Waals surface area (Å²) in [5, 5.41) is 12.5. The van der Waals surface area contributed by atoms with Crippen molar-refractivity contribution in [2.24, 2.45) is 0 Å². The fraction of sp³-hybridized carbons (Fsp3) is 0.107. The van der Waals surface area contributed by atoms with Gasteiger partial charge in [-0.25, -0.2) is 0 Å². The Balaban J connectivity index is 1.34. The van der Waals surface area contributed by atoms with Crippen molar-refractivity contribution in [3.05, 3.63) is 114 Å². The standard InChI is InChI=1S/C28H24N4O2S/c1-20-24(16-17-34-20)27-30-31-28(32(27)23-13-6-3-7-14-23)35-19-26(33)29-25-15-9-8-12-22(25)18-21-10-4-2-5-11-21/h2-17H,18-19H2,1H3,(H,29,33). The van der Waals surface area contributed by atoms with Gasteiger partial charge in [-0.15, -0.1) is 10.2 Å². The van der Waals surface area contributed by atoms with Crippen LogP contribution < -0.4 is 5.32 Å². The number of carbonyl (C=O) groups is 1. The van der Waals surface area contributed by atoms with Crippen LogP contribution in [0.5, 0.6) is 0 Å². The molecule has 2 aromatic heterocycles. The van der Waals surface area contributed by atoms with Gasteiger partial charge in [0.1, 0.15) is 5.76 Å². The van der Waals surface area contributed by atoms with Gasteiger partial charge in [0.05, 0.1) is 17.6 Å². The molecule has 1 amide bonds.